The average Bonchev–Trinajstić information content (AvgIpc) is 3.18. The highest BCUT2D eigenvalue weighted by Gasteiger charge is 2.47. The molecule has 0 saturated carbocycles. The van der Waals surface area contributed by atoms with Gasteiger partial charge in [-0.15, -0.1) is 0 Å². The first-order valence-corrected chi connectivity index (χ1v) is 9.84. The number of fused-ring (bicyclic) bond motifs is 2. The molecular formula is C20H25N7O. The Bertz CT molecular complexity index is 952. The molecule has 0 aliphatic carbocycles. The Balaban J connectivity index is 1.34. The minimum atomic E-state index is -0.234. The van der Waals surface area contributed by atoms with Crippen molar-refractivity contribution < 1.29 is 4.79 Å². The Kier molecular flexibility index (Phi) is 3.97. The number of hydrogen-bond acceptors (Lipinski definition) is 6. The Morgan fingerprint density at radius 2 is 2.29 bits per heavy atom. The second kappa shape index (κ2) is 6.41. The molecule has 3 unspecified atom stereocenters. The fourth-order valence-electron chi connectivity index (χ4n) is 4.56. The van der Waals surface area contributed by atoms with Crippen molar-refractivity contribution in [2.24, 2.45) is 12.5 Å². The van der Waals surface area contributed by atoms with Crippen LogP contribution in [0.25, 0.3) is 5.57 Å². The Morgan fingerprint density at radius 1 is 1.39 bits per heavy atom. The Morgan fingerprint density at radius 3 is 2.96 bits per heavy atom. The predicted molar refractivity (Wildman–Crippen MR) is 106 cm³/mol. The highest BCUT2D eigenvalue weighted by atomic mass is 16.2. The summed E-state index contributed by atoms with van der Waals surface area (Å²) < 4.78 is 1.74. The molecule has 2 bridgehead atoms. The van der Waals surface area contributed by atoms with Crippen LogP contribution in [0.4, 0.5) is 11.6 Å². The molecule has 2 N–H and O–H groups in total. The van der Waals surface area contributed by atoms with E-state index in [0.717, 1.165) is 37.3 Å². The molecule has 28 heavy (non-hydrogen) atoms. The van der Waals surface area contributed by atoms with E-state index in [4.69, 9.17) is 4.98 Å². The molecule has 0 radical (unpaired) electrons. The van der Waals surface area contributed by atoms with Crippen molar-refractivity contribution in [3.8, 4) is 0 Å². The topological polar surface area (TPSA) is 88.0 Å². The number of hydrogen-bond donors (Lipinski definition) is 2. The molecule has 146 valence electrons. The number of aryl methyl sites for hydroxylation is 1. The smallest absolute Gasteiger partial charge is 0.229 e. The third-order valence-electron chi connectivity index (χ3n) is 6.20. The first kappa shape index (κ1) is 17.4. The number of amides is 1. The van der Waals surface area contributed by atoms with Gasteiger partial charge in [-0.3, -0.25) is 14.4 Å². The first-order chi connectivity index (χ1) is 13.5. The fourth-order valence-corrected chi connectivity index (χ4v) is 4.56. The molecule has 5 heterocycles. The van der Waals surface area contributed by atoms with Crippen LogP contribution in [-0.2, 0) is 11.8 Å². The lowest BCUT2D eigenvalue weighted by Crippen LogP contribution is -2.63. The summed E-state index contributed by atoms with van der Waals surface area (Å²) in [6, 6.07) is 2.86. The van der Waals surface area contributed by atoms with E-state index in [1.54, 1.807) is 17.1 Å². The maximum atomic E-state index is 12.0. The van der Waals surface area contributed by atoms with Gasteiger partial charge in [0.25, 0.3) is 0 Å². The van der Waals surface area contributed by atoms with Crippen LogP contribution >= 0.6 is 0 Å². The van der Waals surface area contributed by atoms with Crippen LogP contribution in [0.15, 0.2) is 30.7 Å². The maximum absolute atomic E-state index is 12.0. The monoisotopic (exact) mass is 379 g/mol. The molecule has 2 aromatic rings. The van der Waals surface area contributed by atoms with E-state index in [1.165, 1.54) is 12.0 Å². The lowest BCUT2D eigenvalue weighted by Gasteiger charge is -2.44. The molecule has 0 aromatic carbocycles. The standard InChI is InChI=1S/C20H25N7O/c1-20(11-22-18(20)28)12-27-15-3-4-16(27)8-13(7-15)17-5-6-21-19(25-17)24-14-9-23-26(2)10-14/h5-7,9-10,15-16H,3-4,8,11-12H2,1-2H3,(H,22,28)(H,21,24,25). The zero-order chi connectivity index (χ0) is 19.3. The number of nitrogens with zero attached hydrogens (tertiary/aromatic N) is 5. The molecule has 2 aromatic heterocycles. The van der Waals surface area contributed by atoms with E-state index in [0.29, 0.717) is 18.0 Å². The molecule has 5 rings (SSSR count). The average molecular weight is 379 g/mol. The van der Waals surface area contributed by atoms with Gasteiger partial charge in [0.05, 0.1) is 23.0 Å². The van der Waals surface area contributed by atoms with Crippen molar-refractivity contribution in [2.75, 3.05) is 18.4 Å². The minimum Gasteiger partial charge on any atom is -0.354 e. The van der Waals surface area contributed by atoms with Crippen LogP contribution in [0.3, 0.4) is 0 Å². The summed E-state index contributed by atoms with van der Waals surface area (Å²) in [7, 11) is 1.88. The quantitative estimate of drug-likeness (QED) is 0.769. The summed E-state index contributed by atoms with van der Waals surface area (Å²) in [5.74, 6) is 0.767. The SMILES string of the molecule is Cn1cc(Nc2nccc(C3=CC4CCC(C3)N4CC3(C)CNC3=O)n2)cn1. The molecule has 1 amide bonds. The van der Waals surface area contributed by atoms with Gasteiger partial charge in [0.2, 0.25) is 11.9 Å². The third kappa shape index (κ3) is 2.97. The summed E-state index contributed by atoms with van der Waals surface area (Å²) >= 11 is 0. The predicted octanol–water partition coefficient (Wildman–Crippen LogP) is 1.71. The van der Waals surface area contributed by atoms with Gasteiger partial charge >= 0.3 is 0 Å². The van der Waals surface area contributed by atoms with Crippen molar-refractivity contribution in [1.29, 1.82) is 0 Å². The van der Waals surface area contributed by atoms with Crippen molar-refractivity contribution in [1.82, 2.24) is 30.0 Å². The number of carbonyl (C=O) groups excluding carboxylic acids is 1. The van der Waals surface area contributed by atoms with Gasteiger partial charge in [-0.05, 0) is 37.8 Å². The number of β-lactam (4-membered cyclic amide) rings is 1. The van der Waals surface area contributed by atoms with E-state index in [2.05, 4.69) is 38.6 Å². The molecule has 0 spiro atoms. The molecule has 3 aliphatic rings. The molecular weight excluding hydrogens is 354 g/mol. The van der Waals surface area contributed by atoms with Crippen LogP contribution in [0.5, 0.6) is 0 Å². The second-order valence-electron chi connectivity index (χ2n) is 8.40. The van der Waals surface area contributed by atoms with E-state index in [-0.39, 0.29) is 11.3 Å². The molecule has 8 heteroatoms. The molecule has 3 atom stereocenters. The number of rotatable bonds is 5. The van der Waals surface area contributed by atoms with Crippen molar-refractivity contribution in [3.63, 3.8) is 0 Å². The Labute approximate surface area is 164 Å². The van der Waals surface area contributed by atoms with Crippen LogP contribution < -0.4 is 10.6 Å². The third-order valence-corrected chi connectivity index (χ3v) is 6.20. The van der Waals surface area contributed by atoms with Gasteiger partial charge in [0, 0.05) is 44.6 Å². The maximum Gasteiger partial charge on any atom is 0.229 e. The van der Waals surface area contributed by atoms with Gasteiger partial charge < -0.3 is 10.6 Å². The van der Waals surface area contributed by atoms with Crippen LogP contribution in [0.2, 0.25) is 0 Å². The summed E-state index contributed by atoms with van der Waals surface area (Å²) in [6.45, 7) is 3.70. The zero-order valence-corrected chi connectivity index (χ0v) is 16.2. The molecule has 2 saturated heterocycles. The van der Waals surface area contributed by atoms with Crippen molar-refractivity contribution in [2.45, 2.75) is 38.3 Å². The van der Waals surface area contributed by atoms with E-state index < -0.39 is 0 Å². The minimum absolute atomic E-state index is 0.184. The van der Waals surface area contributed by atoms with Crippen molar-refractivity contribution in [3.05, 3.63) is 36.4 Å². The largest absolute Gasteiger partial charge is 0.354 e. The van der Waals surface area contributed by atoms with Crippen LogP contribution in [0.1, 0.15) is 31.9 Å². The summed E-state index contributed by atoms with van der Waals surface area (Å²) in [5.41, 5.74) is 2.90. The first-order valence-electron chi connectivity index (χ1n) is 9.84. The molecule has 3 aliphatic heterocycles. The number of nitrogens with one attached hydrogen (secondary N) is 2. The second-order valence-corrected chi connectivity index (χ2v) is 8.40. The van der Waals surface area contributed by atoms with Gasteiger partial charge in [-0.1, -0.05) is 6.08 Å². The number of aromatic nitrogens is 4. The highest BCUT2D eigenvalue weighted by molar-refractivity contribution is 5.88. The fraction of sp³-hybridized carbons (Fsp3) is 0.500. The highest BCUT2D eigenvalue weighted by Crippen LogP contribution is 2.40. The van der Waals surface area contributed by atoms with Gasteiger partial charge in [-0.25, -0.2) is 9.97 Å². The zero-order valence-electron chi connectivity index (χ0n) is 16.2. The molecule has 8 nitrogen and oxygen atoms in total. The van der Waals surface area contributed by atoms with Crippen LogP contribution in [0, 0.1) is 5.41 Å². The summed E-state index contributed by atoms with van der Waals surface area (Å²) in [5, 5.41) is 10.3. The lowest BCUT2D eigenvalue weighted by molar-refractivity contribution is -0.140. The number of carbonyl (C=O) groups is 1. The van der Waals surface area contributed by atoms with Gasteiger partial charge in [0.1, 0.15) is 0 Å². The summed E-state index contributed by atoms with van der Waals surface area (Å²) in [6.07, 6.45) is 11.1. The normalized spacial score (nSPS) is 29.2. The van der Waals surface area contributed by atoms with Crippen LogP contribution in [-0.4, -0.2) is 55.7 Å². The summed E-state index contributed by atoms with van der Waals surface area (Å²) in [4.78, 5) is 23.5. The van der Waals surface area contributed by atoms with Crippen molar-refractivity contribution >= 4 is 23.1 Å². The Hall–Kier alpha value is -2.74. The number of anilines is 2. The van der Waals surface area contributed by atoms with E-state index in [1.807, 2.05) is 19.3 Å². The van der Waals surface area contributed by atoms with Gasteiger partial charge in [0.15, 0.2) is 0 Å². The van der Waals surface area contributed by atoms with E-state index in [9.17, 15) is 4.79 Å². The lowest BCUT2D eigenvalue weighted by atomic mass is 9.81. The van der Waals surface area contributed by atoms with E-state index >= 15 is 0 Å². The van der Waals surface area contributed by atoms with Gasteiger partial charge in [-0.2, -0.15) is 5.10 Å². The molecule has 2 fully saturated rings.